The van der Waals surface area contributed by atoms with Crippen molar-refractivity contribution in [3.8, 4) is 0 Å². The molecule has 1 rings (SSSR count). The van der Waals surface area contributed by atoms with Crippen molar-refractivity contribution in [2.24, 2.45) is 5.73 Å². The first kappa shape index (κ1) is 10.2. The van der Waals surface area contributed by atoms with E-state index in [0.717, 1.165) is 11.1 Å². The van der Waals surface area contributed by atoms with Crippen molar-refractivity contribution in [1.29, 1.82) is 0 Å². The van der Waals surface area contributed by atoms with Crippen molar-refractivity contribution in [3.63, 3.8) is 0 Å². The first-order valence-corrected chi connectivity index (χ1v) is 4.18. The van der Waals surface area contributed by atoms with Gasteiger partial charge in [0.15, 0.2) is 0 Å². The molecule has 0 aliphatic heterocycles. The van der Waals surface area contributed by atoms with E-state index in [4.69, 9.17) is 5.73 Å². The van der Waals surface area contributed by atoms with Gasteiger partial charge in [0, 0.05) is 5.69 Å². The van der Waals surface area contributed by atoms with Gasteiger partial charge in [0.25, 0.3) is 0 Å². The first-order chi connectivity index (χ1) is 6.49. The Balaban J connectivity index is 2.87. The summed E-state index contributed by atoms with van der Waals surface area (Å²) in [4.78, 5) is 21.4. The number of anilines is 1. The number of aryl methyl sites for hydroxylation is 2. The third kappa shape index (κ3) is 2.58. The maximum Gasteiger partial charge on any atom is 0.313 e. The zero-order chi connectivity index (χ0) is 10.7. The fourth-order valence-electron chi connectivity index (χ4n) is 1.24. The lowest BCUT2D eigenvalue weighted by Crippen LogP contribution is -2.29. The summed E-state index contributed by atoms with van der Waals surface area (Å²) < 4.78 is 0. The molecular formula is C10H12N2O2. The van der Waals surface area contributed by atoms with E-state index in [0.29, 0.717) is 5.69 Å². The number of nitrogens with one attached hydrogen (secondary N) is 1. The fourth-order valence-corrected chi connectivity index (χ4v) is 1.24. The van der Waals surface area contributed by atoms with E-state index in [1.165, 1.54) is 0 Å². The molecule has 0 saturated carbocycles. The van der Waals surface area contributed by atoms with Crippen LogP contribution in [-0.2, 0) is 9.59 Å². The van der Waals surface area contributed by atoms with Crippen LogP contribution in [0.2, 0.25) is 0 Å². The molecule has 2 amide bonds. The van der Waals surface area contributed by atoms with Gasteiger partial charge in [-0.3, -0.25) is 9.59 Å². The topological polar surface area (TPSA) is 72.2 Å². The Morgan fingerprint density at radius 3 is 2.07 bits per heavy atom. The Kier molecular flexibility index (Phi) is 2.86. The molecule has 4 heteroatoms. The van der Waals surface area contributed by atoms with Crippen LogP contribution in [0.3, 0.4) is 0 Å². The summed E-state index contributed by atoms with van der Waals surface area (Å²) >= 11 is 0. The summed E-state index contributed by atoms with van der Waals surface area (Å²) in [5.74, 6) is -1.78. The minimum atomic E-state index is -0.982. The van der Waals surface area contributed by atoms with Gasteiger partial charge in [-0.05, 0) is 37.1 Å². The Labute approximate surface area is 82.1 Å². The summed E-state index contributed by atoms with van der Waals surface area (Å²) in [5.41, 5.74) is 7.43. The molecule has 0 bridgehead atoms. The molecule has 0 fully saturated rings. The summed E-state index contributed by atoms with van der Waals surface area (Å²) in [6.07, 6.45) is 0. The number of hydrogen-bond acceptors (Lipinski definition) is 2. The lowest BCUT2D eigenvalue weighted by molar-refractivity contribution is -0.134. The normalized spacial score (nSPS) is 9.57. The molecule has 0 aliphatic carbocycles. The molecule has 1 aromatic rings. The largest absolute Gasteiger partial charge is 0.361 e. The van der Waals surface area contributed by atoms with Crippen molar-refractivity contribution >= 4 is 17.5 Å². The lowest BCUT2D eigenvalue weighted by Gasteiger charge is -2.05. The number of rotatable bonds is 1. The summed E-state index contributed by atoms with van der Waals surface area (Å²) in [6.45, 7) is 3.82. The van der Waals surface area contributed by atoms with E-state index >= 15 is 0 Å². The van der Waals surface area contributed by atoms with E-state index in [-0.39, 0.29) is 0 Å². The number of carbonyl (C=O) groups excluding carboxylic acids is 2. The number of amides is 2. The zero-order valence-electron chi connectivity index (χ0n) is 8.13. The van der Waals surface area contributed by atoms with E-state index in [1.807, 2.05) is 19.9 Å². The van der Waals surface area contributed by atoms with Gasteiger partial charge in [0.2, 0.25) is 0 Å². The SMILES string of the molecule is Cc1cc(C)cc(NC(=O)C(N)=O)c1. The van der Waals surface area contributed by atoms with Crippen molar-refractivity contribution in [2.45, 2.75) is 13.8 Å². The quantitative estimate of drug-likeness (QED) is 0.644. The molecule has 0 unspecified atom stereocenters. The molecule has 0 atom stereocenters. The highest BCUT2D eigenvalue weighted by molar-refractivity contribution is 6.39. The molecule has 0 spiro atoms. The van der Waals surface area contributed by atoms with E-state index < -0.39 is 11.8 Å². The monoisotopic (exact) mass is 192 g/mol. The van der Waals surface area contributed by atoms with Crippen molar-refractivity contribution in [1.82, 2.24) is 0 Å². The van der Waals surface area contributed by atoms with Crippen LogP contribution in [-0.4, -0.2) is 11.8 Å². The van der Waals surface area contributed by atoms with Gasteiger partial charge >= 0.3 is 11.8 Å². The molecule has 0 saturated heterocycles. The summed E-state index contributed by atoms with van der Waals surface area (Å²) in [7, 11) is 0. The summed E-state index contributed by atoms with van der Waals surface area (Å²) in [6, 6.07) is 5.52. The smallest absolute Gasteiger partial charge is 0.313 e. The van der Waals surface area contributed by atoms with Crippen molar-refractivity contribution < 1.29 is 9.59 Å². The van der Waals surface area contributed by atoms with Gasteiger partial charge in [-0.2, -0.15) is 0 Å². The van der Waals surface area contributed by atoms with Crippen LogP contribution < -0.4 is 11.1 Å². The second-order valence-electron chi connectivity index (χ2n) is 3.19. The number of hydrogen-bond donors (Lipinski definition) is 2. The van der Waals surface area contributed by atoms with Crippen LogP contribution in [0.5, 0.6) is 0 Å². The Bertz CT molecular complexity index is 365. The molecule has 14 heavy (non-hydrogen) atoms. The third-order valence-corrected chi connectivity index (χ3v) is 1.70. The van der Waals surface area contributed by atoms with E-state index in [1.54, 1.807) is 12.1 Å². The molecule has 0 aromatic heterocycles. The maximum absolute atomic E-state index is 10.9. The number of nitrogens with two attached hydrogens (primary N) is 1. The third-order valence-electron chi connectivity index (χ3n) is 1.70. The minimum absolute atomic E-state index is 0.589. The zero-order valence-corrected chi connectivity index (χ0v) is 8.13. The van der Waals surface area contributed by atoms with Crippen LogP contribution in [0, 0.1) is 13.8 Å². The first-order valence-electron chi connectivity index (χ1n) is 4.18. The van der Waals surface area contributed by atoms with E-state index in [2.05, 4.69) is 5.32 Å². The maximum atomic E-state index is 10.9. The minimum Gasteiger partial charge on any atom is -0.361 e. The highest BCUT2D eigenvalue weighted by atomic mass is 16.2. The molecular weight excluding hydrogens is 180 g/mol. The van der Waals surface area contributed by atoms with Gasteiger partial charge in [-0.25, -0.2) is 0 Å². The van der Waals surface area contributed by atoms with Gasteiger partial charge in [-0.15, -0.1) is 0 Å². The molecule has 0 heterocycles. The van der Waals surface area contributed by atoms with Crippen LogP contribution in [0.4, 0.5) is 5.69 Å². The van der Waals surface area contributed by atoms with Crippen LogP contribution in [0.1, 0.15) is 11.1 Å². The van der Waals surface area contributed by atoms with Gasteiger partial charge in [0.05, 0.1) is 0 Å². The lowest BCUT2D eigenvalue weighted by atomic mass is 10.1. The molecule has 0 aliphatic rings. The molecule has 74 valence electrons. The predicted octanol–water partition coefficient (Wildman–Crippen LogP) is 0.727. The number of benzene rings is 1. The van der Waals surface area contributed by atoms with Gasteiger partial charge in [-0.1, -0.05) is 6.07 Å². The summed E-state index contributed by atoms with van der Waals surface area (Å²) in [5, 5.41) is 2.41. The second-order valence-corrected chi connectivity index (χ2v) is 3.19. The Morgan fingerprint density at radius 2 is 1.64 bits per heavy atom. The Morgan fingerprint density at radius 1 is 1.14 bits per heavy atom. The van der Waals surface area contributed by atoms with Crippen molar-refractivity contribution in [3.05, 3.63) is 29.3 Å². The molecule has 1 aromatic carbocycles. The number of primary amides is 1. The molecule has 4 nitrogen and oxygen atoms in total. The van der Waals surface area contributed by atoms with Gasteiger partial charge in [0.1, 0.15) is 0 Å². The molecule has 0 radical (unpaired) electrons. The second kappa shape index (κ2) is 3.91. The Hall–Kier alpha value is -1.84. The van der Waals surface area contributed by atoms with Crippen molar-refractivity contribution in [2.75, 3.05) is 5.32 Å². The predicted molar refractivity (Wildman–Crippen MR) is 53.7 cm³/mol. The number of carbonyl (C=O) groups is 2. The van der Waals surface area contributed by atoms with Crippen LogP contribution in [0.15, 0.2) is 18.2 Å². The molecule has 3 N–H and O–H groups in total. The van der Waals surface area contributed by atoms with E-state index in [9.17, 15) is 9.59 Å². The fraction of sp³-hybridized carbons (Fsp3) is 0.200. The standard InChI is InChI=1S/C10H12N2O2/c1-6-3-7(2)5-8(4-6)12-10(14)9(11)13/h3-5H,1-2H3,(H2,11,13)(H,12,14). The highest BCUT2D eigenvalue weighted by Crippen LogP contribution is 2.13. The van der Waals surface area contributed by atoms with Gasteiger partial charge < -0.3 is 11.1 Å². The average molecular weight is 192 g/mol. The highest BCUT2D eigenvalue weighted by Gasteiger charge is 2.08. The average Bonchev–Trinajstić information content (AvgIpc) is 2.01. The van der Waals surface area contributed by atoms with Crippen LogP contribution >= 0.6 is 0 Å². The van der Waals surface area contributed by atoms with Crippen LogP contribution in [0.25, 0.3) is 0 Å².